The Kier molecular flexibility index (Phi) is 2.59. The van der Waals surface area contributed by atoms with Crippen LogP contribution in [-0.2, 0) is 20.5 Å². The minimum atomic E-state index is 0.211. The van der Waals surface area contributed by atoms with E-state index in [1.165, 1.54) is 44.3 Å². The average molecular weight is 336 g/mol. The summed E-state index contributed by atoms with van der Waals surface area (Å²) in [4.78, 5) is 9.13. The highest BCUT2D eigenvalue weighted by Gasteiger charge is 2.45. The van der Waals surface area contributed by atoms with Gasteiger partial charge in [0.1, 0.15) is 6.20 Å². The molecule has 0 fully saturated rings. The molecule has 5 heteroatoms. The van der Waals surface area contributed by atoms with Crippen LogP contribution in [0.3, 0.4) is 0 Å². The van der Waals surface area contributed by atoms with Crippen molar-refractivity contribution in [2.24, 2.45) is 14.1 Å². The average Bonchev–Trinajstić information content (AvgIpc) is 2.66. The maximum absolute atomic E-state index is 4.69. The molecule has 2 aliphatic rings. The van der Waals surface area contributed by atoms with Crippen molar-refractivity contribution in [3.05, 3.63) is 66.4 Å². The Morgan fingerprint density at radius 2 is 1.69 bits per heavy atom. The van der Waals surface area contributed by atoms with Crippen molar-refractivity contribution in [2.75, 3.05) is 0 Å². The third-order valence-corrected chi connectivity index (χ3v) is 5.93. The molecule has 0 atom stereocenters. The van der Waals surface area contributed by atoms with Gasteiger partial charge in [-0.25, -0.2) is 9.13 Å². The van der Waals surface area contributed by atoms with Crippen molar-refractivity contribution in [1.29, 1.82) is 0 Å². The molecule has 0 amide bonds. The first-order valence-electron chi connectivity index (χ1n) is 8.96. The van der Waals surface area contributed by atoms with Crippen molar-refractivity contribution in [3.63, 3.8) is 0 Å². The first kappa shape index (κ1) is 14.1. The van der Waals surface area contributed by atoms with Gasteiger partial charge in [-0.05, 0) is 33.2 Å². The van der Waals surface area contributed by atoms with Gasteiger partial charge >= 0.3 is 6.71 Å². The zero-order valence-corrected chi connectivity index (χ0v) is 14.8. The first-order chi connectivity index (χ1) is 12.7. The number of hydrogen-bond donors (Lipinski definition) is 0. The van der Waals surface area contributed by atoms with Gasteiger partial charge in [0.15, 0.2) is 5.52 Å². The number of rotatable bonds is 0. The van der Waals surface area contributed by atoms with Crippen molar-refractivity contribution in [1.82, 2.24) is 9.97 Å². The van der Waals surface area contributed by atoms with Gasteiger partial charge < -0.3 is 0 Å². The predicted octanol–water partition coefficient (Wildman–Crippen LogP) is -0.320. The Morgan fingerprint density at radius 1 is 0.885 bits per heavy atom. The fourth-order valence-electron chi connectivity index (χ4n) is 4.93. The van der Waals surface area contributed by atoms with Gasteiger partial charge in [-0.2, -0.15) is 0 Å². The van der Waals surface area contributed by atoms with Crippen LogP contribution in [0.25, 0.3) is 22.0 Å². The minimum absolute atomic E-state index is 0.211. The molecular weight excluding hydrogens is 319 g/mol. The van der Waals surface area contributed by atoms with E-state index in [1.54, 1.807) is 0 Å². The molecule has 0 bridgehead atoms. The lowest BCUT2D eigenvalue weighted by atomic mass is 9.33. The van der Waals surface area contributed by atoms with E-state index < -0.39 is 0 Å². The topological polar surface area (TPSA) is 33.5 Å². The SMILES string of the molecule is C[n+]1cncc2c1B1c3c(cccc3-c3cccc4nc[n+](C)c1c34)C2. The molecule has 2 aromatic carbocycles. The molecule has 0 unspecified atom stereocenters. The molecule has 0 saturated heterocycles. The highest BCUT2D eigenvalue weighted by molar-refractivity contribution is 6.97. The number of nitrogens with zero attached hydrogens (tertiary/aromatic N) is 4. The molecule has 0 N–H and O–H groups in total. The Bertz CT molecular complexity index is 1250. The molecule has 6 rings (SSSR count). The molecule has 2 aliphatic heterocycles. The Labute approximate surface area is 151 Å². The van der Waals surface area contributed by atoms with E-state index in [-0.39, 0.29) is 6.71 Å². The van der Waals surface area contributed by atoms with Gasteiger partial charge in [0.25, 0.3) is 12.7 Å². The molecule has 122 valence electrons. The van der Waals surface area contributed by atoms with Crippen LogP contribution < -0.4 is 25.8 Å². The van der Waals surface area contributed by atoms with Crippen LogP contribution in [0.2, 0.25) is 0 Å². The second-order valence-corrected chi connectivity index (χ2v) is 7.34. The molecule has 0 radical (unpaired) electrons. The zero-order valence-electron chi connectivity index (χ0n) is 14.8. The highest BCUT2D eigenvalue weighted by Crippen LogP contribution is 2.31. The number of hydrogen-bond acceptors (Lipinski definition) is 2. The van der Waals surface area contributed by atoms with E-state index in [4.69, 9.17) is 0 Å². The largest absolute Gasteiger partial charge is 0.344 e. The summed E-state index contributed by atoms with van der Waals surface area (Å²) in [7, 11) is 4.22. The number of benzene rings is 2. The lowest BCUT2D eigenvalue weighted by Gasteiger charge is -2.30. The normalized spacial score (nSPS) is 13.5. The summed E-state index contributed by atoms with van der Waals surface area (Å²) in [6.45, 7) is 0.211. The summed E-state index contributed by atoms with van der Waals surface area (Å²) >= 11 is 0. The lowest BCUT2D eigenvalue weighted by molar-refractivity contribution is -0.661. The van der Waals surface area contributed by atoms with Crippen LogP contribution in [0.15, 0.2) is 55.2 Å². The monoisotopic (exact) mass is 336 g/mol. The Hall–Kier alpha value is -3.08. The smallest absolute Gasteiger partial charge is 0.245 e. The van der Waals surface area contributed by atoms with Crippen molar-refractivity contribution in [3.8, 4) is 11.1 Å². The van der Waals surface area contributed by atoms with Crippen molar-refractivity contribution >= 4 is 34.3 Å². The molecule has 2 aromatic heterocycles. The van der Waals surface area contributed by atoms with E-state index in [9.17, 15) is 0 Å². The highest BCUT2D eigenvalue weighted by atomic mass is 15.0. The summed E-state index contributed by atoms with van der Waals surface area (Å²) in [6.07, 6.45) is 6.84. The first-order valence-corrected chi connectivity index (χ1v) is 8.96. The van der Waals surface area contributed by atoms with Crippen LogP contribution in [-0.4, -0.2) is 16.7 Å². The van der Waals surface area contributed by atoms with Gasteiger partial charge in [-0.15, -0.1) is 0 Å². The number of fused-ring (bicyclic) bond motifs is 4. The van der Waals surface area contributed by atoms with Gasteiger partial charge in [0, 0.05) is 12.0 Å². The van der Waals surface area contributed by atoms with Crippen molar-refractivity contribution in [2.45, 2.75) is 6.42 Å². The molecular formula is C21H17BN4+2. The van der Waals surface area contributed by atoms with Gasteiger partial charge in [0.05, 0.1) is 30.7 Å². The molecule has 0 aliphatic carbocycles. The second-order valence-electron chi connectivity index (χ2n) is 7.34. The van der Waals surface area contributed by atoms with Gasteiger partial charge in [0.2, 0.25) is 0 Å². The molecule has 0 saturated carbocycles. The van der Waals surface area contributed by atoms with Gasteiger partial charge in [-0.1, -0.05) is 35.3 Å². The fraction of sp³-hybridized carbons (Fsp3) is 0.143. The van der Waals surface area contributed by atoms with Crippen LogP contribution in [0, 0.1) is 0 Å². The van der Waals surface area contributed by atoms with Crippen molar-refractivity contribution < 1.29 is 9.13 Å². The predicted molar refractivity (Wildman–Crippen MR) is 101 cm³/mol. The Morgan fingerprint density at radius 3 is 2.62 bits per heavy atom. The third kappa shape index (κ3) is 1.61. The van der Waals surface area contributed by atoms with E-state index in [2.05, 4.69) is 69.6 Å². The number of aryl methyl sites for hydroxylation is 2. The minimum Gasteiger partial charge on any atom is -0.245 e. The van der Waals surface area contributed by atoms with Crippen LogP contribution in [0.4, 0.5) is 0 Å². The van der Waals surface area contributed by atoms with Gasteiger partial charge in [-0.3, -0.25) is 0 Å². The van der Waals surface area contributed by atoms with E-state index in [1.807, 2.05) is 18.9 Å². The van der Waals surface area contributed by atoms with E-state index in [0.29, 0.717) is 0 Å². The van der Waals surface area contributed by atoms with E-state index >= 15 is 0 Å². The molecule has 4 nitrogen and oxygen atoms in total. The van der Waals surface area contributed by atoms with Crippen LogP contribution in [0.1, 0.15) is 11.1 Å². The van der Waals surface area contributed by atoms with Crippen LogP contribution >= 0.6 is 0 Å². The fourth-order valence-corrected chi connectivity index (χ4v) is 4.93. The molecule has 4 heterocycles. The summed E-state index contributed by atoms with van der Waals surface area (Å²) < 4.78 is 4.39. The molecule has 26 heavy (non-hydrogen) atoms. The summed E-state index contributed by atoms with van der Waals surface area (Å²) in [6, 6.07) is 13.2. The Balaban J connectivity index is 1.87. The third-order valence-electron chi connectivity index (χ3n) is 5.93. The van der Waals surface area contributed by atoms with E-state index in [0.717, 1.165) is 11.9 Å². The molecule has 4 aromatic rings. The summed E-state index contributed by atoms with van der Waals surface area (Å²) in [5.74, 6) is 0. The number of aromatic nitrogens is 4. The summed E-state index contributed by atoms with van der Waals surface area (Å²) in [5.41, 5.74) is 10.6. The zero-order chi connectivity index (χ0) is 17.4. The quantitative estimate of drug-likeness (QED) is 0.281. The van der Waals surface area contributed by atoms with Crippen LogP contribution in [0.5, 0.6) is 0 Å². The maximum Gasteiger partial charge on any atom is 0.344 e. The summed E-state index contributed by atoms with van der Waals surface area (Å²) in [5, 5.41) is 1.27. The standard InChI is InChI=1S/C21H17BN4/c1-25-11-23-10-14-9-13-5-3-7-16-15-6-4-8-17-18(15)21(26(2)12-24-17)22(19(13)16)20(14)25/h3-8,10-12H,9H2,1-2H3/q+2. The second kappa shape index (κ2) is 4.76. The molecule has 0 spiro atoms. The lowest BCUT2D eigenvalue weighted by Crippen LogP contribution is -2.74. The maximum atomic E-state index is 4.69.